The van der Waals surface area contributed by atoms with Gasteiger partial charge in [0.15, 0.2) is 0 Å². The highest BCUT2D eigenvalue weighted by molar-refractivity contribution is 7.95. The molecule has 0 saturated carbocycles. The third kappa shape index (κ3) is 16.7. The molecule has 1 atom stereocenters. The maximum absolute atomic E-state index is 13.4. The van der Waals surface area contributed by atoms with Crippen LogP contribution < -0.4 is 21.0 Å². The first kappa shape index (κ1) is 50.4. The van der Waals surface area contributed by atoms with Crippen LogP contribution in [0.3, 0.4) is 0 Å². The number of carboxylic acid groups (broad SMARTS) is 1. The van der Waals surface area contributed by atoms with Crippen molar-refractivity contribution >= 4 is 35.1 Å². The van der Waals surface area contributed by atoms with E-state index < -0.39 is 13.2 Å². The van der Waals surface area contributed by atoms with E-state index in [4.69, 9.17) is 4.74 Å². The van der Waals surface area contributed by atoms with Crippen LogP contribution in [-0.4, -0.2) is 47.2 Å². The second kappa shape index (κ2) is 27.7. The van der Waals surface area contributed by atoms with Crippen LogP contribution in [0.15, 0.2) is 103 Å². The summed E-state index contributed by atoms with van der Waals surface area (Å²) < 4.78 is 5.96. The molecule has 1 aliphatic heterocycles. The lowest BCUT2D eigenvalue weighted by atomic mass is 9.87. The zero-order valence-electron chi connectivity index (χ0n) is 38.8. The first-order chi connectivity index (χ1) is 29.6. The van der Waals surface area contributed by atoms with Crippen molar-refractivity contribution in [1.82, 2.24) is 4.90 Å². The maximum Gasteiger partial charge on any atom is 0.310 e. The minimum atomic E-state index is -1.74. The molecular weight excluding hydrogens is 770 g/mol. The number of carbonyl (C=O) groups is 2. The van der Waals surface area contributed by atoms with E-state index in [0.29, 0.717) is 6.61 Å². The Morgan fingerprint density at radius 2 is 1.00 bits per heavy atom. The highest BCUT2D eigenvalue weighted by Gasteiger charge is 2.54. The van der Waals surface area contributed by atoms with Crippen LogP contribution in [0.2, 0.25) is 0 Å². The molecule has 1 fully saturated rings. The molecule has 0 aromatic heterocycles. The fraction of sp³-hybridized carbons (Fsp3) is 0.600. The van der Waals surface area contributed by atoms with Crippen molar-refractivity contribution in [3.8, 4) is 0 Å². The fourth-order valence-electron chi connectivity index (χ4n) is 9.99. The molecule has 5 nitrogen and oxygen atoms in total. The molecule has 336 valence electrons. The molecule has 1 heterocycles. The summed E-state index contributed by atoms with van der Waals surface area (Å²) in [7, 11) is -1.74. The number of aliphatic carboxylic acids is 1. The number of likely N-dealkylation sites (tertiary alicyclic amines) is 1. The van der Waals surface area contributed by atoms with Crippen LogP contribution in [0, 0.1) is 5.92 Å². The average molecular weight is 852 g/mol. The molecule has 0 N–H and O–H groups in total. The molecular formula is C55H82NO4P. The van der Waals surface area contributed by atoms with Crippen molar-refractivity contribution in [3.63, 3.8) is 0 Å². The van der Waals surface area contributed by atoms with Crippen LogP contribution in [0.1, 0.15) is 175 Å². The molecule has 0 aliphatic carbocycles. The standard InChI is InChI=1S/C55H82NO4P/c1-54(2)47-51(55(3,4)56(54)44-34-21-17-13-11-9-7-5-6-8-10-12-16-20-33-43-52(57)58)53(59)60-45-35-22-18-14-15-19-23-36-46-61(48-37-27-24-28-38-48,49-39-29-25-30-40-49)50-41-31-26-32-42-50/h5-6,24-32,37-42,51H,7-23,33-36,43-47H2,1-4H3/b6-5-. The van der Waals surface area contributed by atoms with Crippen molar-refractivity contribution in [3.05, 3.63) is 103 Å². The fourth-order valence-corrected chi connectivity index (χ4v) is 14.4. The number of allylic oxidation sites excluding steroid dienone is 2. The number of carbonyl (C=O) groups excluding carboxylic acids is 2. The van der Waals surface area contributed by atoms with Gasteiger partial charge < -0.3 is 14.6 Å². The van der Waals surface area contributed by atoms with Crippen molar-refractivity contribution < 1.29 is 19.4 Å². The Labute approximate surface area is 372 Å². The topological polar surface area (TPSA) is 69.7 Å². The number of nitrogens with zero attached hydrogens (tertiary/aromatic N) is 1. The summed E-state index contributed by atoms with van der Waals surface area (Å²) in [4.78, 5) is 26.5. The van der Waals surface area contributed by atoms with Gasteiger partial charge in [-0.1, -0.05) is 144 Å². The van der Waals surface area contributed by atoms with Gasteiger partial charge >= 0.3 is 5.97 Å². The highest BCUT2D eigenvalue weighted by Crippen LogP contribution is 2.56. The van der Waals surface area contributed by atoms with Crippen LogP contribution in [0.25, 0.3) is 0 Å². The number of hydrogen-bond donors (Lipinski definition) is 0. The molecule has 4 rings (SSSR count). The normalized spacial score (nSPS) is 16.3. The molecule has 0 bridgehead atoms. The van der Waals surface area contributed by atoms with Gasteiger partial charge in [-0.3, -0.25) is 9.69 Å². The lowest BCUT2D eigenvalue weighted by Crippen LogP contribution is -2.51. The van der Waals surface area contributed by atoms with E-state index in [1.807, 2.05) is 0 Å². The first-order valence-electron chi connectivity index (χ1n) is 24.4. The lowest BCUT2D eigenvalue weighted by molar-refractivity contribution is -0.305. The number of hydrogen-bond acceptors (Lipinski definition) is 5. The molecule has 3 aromatic carbocycles. The molecule has 61 heavy (non-hydrogen) atoms. The number of unbranched alkanes of at least 4 members (excludes halogenated alkanes) is 18. The molecule has 0 amide bonds. The molecule has 3 aromatic rings. The minimum absolute atomic E-state index is 0.000916. The predicted molar refractivity (Wildman–Crippen MR) is 260 cm³/mol. The van der Waals surface area contributed by atoms with Gasteiger partial charge in [-0.15, -0.1) is 0 Å². The van der Waals surface area contributed by atoms with Crippen molar-refractivity contribution in [2.24, 2.45) is 5.92 Å². The third-order valence-corrected chi connectivity index (χ3v) is 17.9. The molecule has 0 radical (unpaired) electrons. The van der Waals surface area contributed by atoms with E-state index in [2.05, 4.69) is 136 Å². The number of benzene rings is 3. The smallest absolute Gasteiger partial charge is 0.310 e. The number of carboxylic acids is 1. The van der Waals surface area contributed by atoms with E-state index in [1.165, 1.54) is 118 Å². The quantitative estimate of drug-likeness (QED) is 0.0271. The Morgan fingerprint density at radius 3 is 1.48 bits per heavy atom. The zero-order chi connectivity index (χ0) is 43.7. The monoisotopic (exact) mass is 852 g/mol. The molecule has 1 saturated heterocycles. The molecule has 1 aliphatic rings. The first-order valence-corrected chi connectivity index (χ1v) is 26.4. The van der Waals surface area contributed by atoms with Gasteiger partial charge in [0.25, 0.3) is 0 Å². The second-order valence-electron chi connectivity index (χ2n) is 19.0. The van der Waals surface area contributed by atoms with Crippen LogP contribution in [0.4, 0.5) is 0 Å². The molecule has 1 unspecified atom stereocenters. The van der Waals surface area contributed by atoms with E-state index in [0.717, 1.165) is 51.5 Å². The van der Waals surface area contributed by atoms with Gasteiger partial charge in [0, 0.05) is 17.0 Å². The molecule has 6 heteroatoms. The van der Waals surface area contributed by atoms with Gasteiger partial charge in [-0.25, -0.2) is 0 Å². The third-order valence-electron chi connectivity index (χ3n) is 13.4. The predicted octanol–water partition coefficient (Wildman–Crippen LogP) is 12.3. The van der Waals surface area contributed by atoms with Crippen molar-refractivity contribution in [2.75, 3.05) is 19.3 Å². The highest BCUT2D eigenvalue weighted by atomic mass is 31.2. The van der Waals surface area contributed by atoms with Crippen molar-refractivity contribution in [1.29, 1.82) is 0 Å². The molecule has 0 spiro atoms. The van der Waals surface area contributed by atoms with Gasteiger partial charge in [0.1, 0.15) is 23.2 Å². The Balaban J connectivity index is 1.04. The van der Waals surface area contributed by atoms with Crippen LogP contribution in [-0.2, 0) is 14.3 Å². The lowest BCUT2D eigenvalue weighted by Gasteiger charge is -2.41. The van der Waals surface area contributed by atoms with E-state index in [1.54, 1.807) is 0 Å². The summed E-state index contributed by atoms with van der Waals surface area (Å²) in [5.74, 6) is -1.01. The number of rotatable bonds is 32. The Hall–Kier alpha value is -3.27. The van der Waals surface area contributed by atoms with Crippen LogP contribution >= 0.6 is 7.26 Å². The largest absolute Gasteiger partial charge is 0.550 e. The van der Waals surface area contributed by atoms with Gasteiger partial charge in [-0.05, 0) is 141 Å². The maximum atomic E-state index is 13.4. The van der Waals surface area contributed by atoms with Gasteiger partial charge in [0.05, 0.1) is 18.7 Å². The van der Waals surface area contributed by atoms with Crippen molar-refractivity contribution in [2.45, 2.75) is 186 Å². The summed E-state index contributed by atoms with van der Waals surface area (Å²) in [6.07, 6.45) is 31.6. The van der Waals surface area contributed by atoms with E-state index in [-0.39, 0.29) is 29.4 Å². The Morgan fingerprint density at radius 1 is 0.590 bits per heavy atom. The summed E-state index contributed by atoms with van der Waals surface area (Å²) in [6, 6.07) is 33.7. The summed E-state index contributed by atoms with van der Waals surface area (Å²) in [5.41, 5.74) is -0.207. The minimum Gasteiger partial charge on any atom is -0.550 e. The summed E-state index contributed by atoms with van der Waals surface area (Å²) >= 11 is 0. The SMILES string of the molecule is CC1(C)CC(C(=O)OCCCCCCCCCC[P+](c2ccccc2)(c2ccccc2)c2ccccc2)C(C)(C)N1CCCCCCCC/C=C\CCCCCCCC(=O)[O-]. The summed E-state index contributed by atoms with van der Waals surface area (Å²) in [6.45, 7) is 10.7. The average Bonchev–Trinajstić information content (AvgIpc) is 3.45. The van der Waals surface area contributed by atoms with E-state index in [9.17, 15) is 14.7 Å². The number of ether oxygens (including phenoxy) is 1. The van der Waals surface area contributed by atoms with Crippen LogP contribution in [0.5, 0.6) is 0 Å². The van der Waals surface area contributed by atoms with Gasteiger partial charge in [0.2, 0.25) is 0 Å². The Bertz CT molecular complexity index is 1560. The van der Waals surface area contributed by atoms with Gasteiger partial charge in [-0.2, -0.15) is 0 Å². The second-order valence-corrected chi connectivity index (χ2v) is 22.6. The van der Waals surface area contributed by atoms with E-state index >= 15 is 0 Å². The Kier molecular flexibility index (Phi) is 22.9. The summed E-state index contributed by atoms with van der Waals surface area (Å²) in [5, 5.41) is 14.9. The number of esters is 1. The zero-order valence-corrected chi connectivity index (χ0v) is 39.7.